The molecule has 0 aliphatic carbocycles. The van der Waals surface area contributed by atoms with Crippen molar-refractivity contribution in [1.82, 2.24) is 4.98 Å². The van der Waals surface area contributed by atoms with Gasteiger partial charge in [0.15, 0.2) is 0 Å². The summed E-state index contributed by atoms with van der Waals surface area (Å²) in [4.78, 5) is 16.0. The van der Waals surface area contributed by atoms with Crippen LogP contribution in [-0.4, -0.2) is 10.8 Å². The van der Waals surface area contributed by atoms with Gasteiger partial charge in [0.25, 0.3) is 0 Å². The maximum Gasteiger partial charge on any atom is 0.144 e. The third-order valence-corrected chi connectivity index (χ3v) is 3.33. The van der Waals surface area contributed by atoms with Crippen LogP contribution in [0.5, 0.6) is 0 Å². The molecule has 88 valence electrons. The number of aryl methyl sites for hydroxylation is 1. The van der Waals surface area contributed by atoms with Gasteiger partial charge in [0.2, 0.25) is 0 Å². The number of thiazole rings is 1. The first-order valence-electron chi connectivity index (χ1n) is 5.31. The Bertz CT molecular complexity index is 536. The first-order chi connectivity index (χ1) is 8.15. The first kappa shape index (κ1) is 11.9. The van der Waals surface area contributed by atoms with Crippen molar-refractivity contribution in [3.8, 4) is 0 Å². The molecule has 4 heteroatoms. The number of nitrogens with zero attached hydrogens (tertiary/aromatic N) is 1. The van der Waals surface area contributed by atoms with Crippen LogP contribution in [0.4, 0.5) is 4.39 Å². The smallest absolute Gasteiger partial charge is 0.144 e. The number of rotatable bonds is 4. The molecule has 2 aromatic rings. The second-order valence-corrected chi connectivity index (χ2v) is 4.81. The van der Waals surface area contributed by atoms with Crippen LogP contribution in [0.2, 0.25) is 0 Å². The Morgan fingerprint density at radius 3 is 2.76 bits per heavy atom. The van der Waals surface area contributed by atoms with Crippen LogP contribution in [0.15, 0.2) is 29.6 Å². The maximum absolute atomic E-state index is 13.3. The SMILES string of the molecule is Cc1csc(CC(=O)Cc2ccccc2F)n1. The van der Waals surface area contributed by atoms with Gasteiger partial charge in [-0.15, -0.1) is 11.3 Å². The van der Waals surface area contributed by atoms with E-state index >= 15 is 0 Å². The molecule has 0 aliphatic heterocycles. The molecule has 1 aromatic heterocycles. The number of aromatic nitrogens is 1. The van der Waals surface area contributed by atoms with E-state index < -0.39 is 0 Å². The Balaban J connectivity index is 2.01. The van der Waals surface area contributed by atoms with Gasteiger partial charge in [0.1, 0.15) is 16.6 Å². The summed E-state index contributed by atoms with van der Waals surface area (Å²) in [6.07, 6.45) is 0.415. The maximum atomic E-state index is 13.3. The number of carbonyl (C=O) groups excluding carboxylic acids is 1. The fourth-order valence-corrected chi connectivity index (χ4v) is 2.37. The van der Waals surface area contributed by atoms with E-state index in [1.807, 2.05) is 12.3 Å². The molecule has 0 spiro atoms. The second-order valence-electron chi connectivity index (χ2n) is 3.87. The van der Waals surface area contributed by atoms with Crippen molar-refractivity contribution in [2.24, 2.45) is 0 Å². The van der Waals surface area contributed by atoms with Gasteiger partial charge in [0.05, 0.1) is 6.42 Å². The van der Waals surface area contributed by atoms with E-state index in [2.05, 4.69) is 4.98 Å². The average molecular weight is 249 g/mol. The van der Waals surface area contributed by atoms with E-state index in [4.69, 9.17) is 0 Å². The van der Waals surface area contributed by atoms with Gasteiger partial charge in [-0.1, -0.05) is 18.2 Å². The predicted octanol–water partition coefficient (Wildman–Crippen LogP) is 2.94. The third kappa shape index (κ3) is 3.20. The largest absolute Gasteiger partial charge is 0.299 e. The molecule has 0 saturated heterocycles. The third-order valence-electron chi connectivity index (χ3n) is 2.36. The zero-order valence-electron chi connectivity index (χ0n) is 9.44. The summed E-state index contributed by atoms with van der Waals surface area (Å²) in [7, 11) is 0. The molecule has 0 bridgehead atoms. The van der Waals surface area contributed by atoms with E-state index in [1.165, 1.54) is 17.4 Å². The molecule has 1 heterocycles. The monoisotopic (exact) mass is 249 g/mol. The lowest BCUT2D eigenvalue weighted by atomic mass is 10.1. The van der Waals surface area contributed by atoms with E-state index in [0.29, 0.717) is 5.56 Å². The molecule has 0 aliphatic rings. The number of hydrogen-bond acceptors (Lipinski definition) is 3. The lowest BCUT2D eigenvalue weighted by molar-refractivity contribution is -0.117. The average Bonchev–Trinajstić information content (AvgIpc) is 2.67. The summed E-state index contributed by atoms with van der Waals surface area (Å²) in [5.41, 5.74) is 1.37. The Hall–Kier alpha value is -1.55. The van der Waals surface area contributed by atoms with Crippen molar-refractivity contribution in [1.29, 1.82) is 0 Å². The minimum Gasteiger partial charge on any atom is -0.299 e. The predicted molar refractivity (Wildman–Crippen MR) is 65.7 cm³/mol. The molecule has 0 atom stereocenters. The van der Waals surface area contributed by atoms with Crippen LogP contribution in [0.1, 0.15) is 16.3 Å². The van der Waals surface area contributed by atoms with Gasteiger partial charge < -0.3 is 0 Å². The lowest BCUT2D eigenvalue weighted by Gasteiger charge is -2.01. The molecule has 0 unspecified atom stereocenters. The van der Waals surface area contributed by atoms with E-state index in [9.17, 15) is 9.18 Å². The number of benzene rings is 1. The van der Waals surface area contributed by atoms with E-state index in [1.54, 1.807) is 18.2 Å². The van der Waals surface area contributed by atoms with Crippen LogP contribution >= 0.6 is 11.3 Å². The fourth-order valence-electron chi connectivity index (χ4n) is 1.57. The highest BCUT2D eigenvalue weighted by molar-refractivity contribution is 7.09. The quantitative estimate of drug-likeness (QED) is 0.834. The van der Waals surface area contributed by atoms with E-state index in [0.717, 1.165) is 10.7 Å². The summed E-state index contributed by atoms with van der Waals surface area (Å²) in [6.45, 7) is 1.89. The lowest BCUT2D eigenvalue weighted by Crippen LogP contribution is -2.07. The molecule has 1 aromatic carbocycles. The molecular formula is C13H12FNOS. The topological polar surface area (TPSA) is 30.0 Å². The molecule has 0 N–H and O–H groups in total. The van der Waals surface area contributed by atoms with Crippen LogP contribution < -0.4 is 0 Å². The van der Waals surface area contributed by atoms with Crippen molar-refractivity contribution in [2.45, 2.75) is 19.8 Å². The summed E-state index contributed by atoms with van der Waals surface area (Å²) >= 11 is 1.47. The van der Waals surface area contributed by atoms with Gasteiger partial charge >= 0.3 is 0 Å². The van der Waals surface area contributed by atoms with Crippen molar-refractivity contribution in [3.63, 3.8) is 0 Å². The van der Waals surface area contributed by atoms with Crippen LogP contribution in [0, 0.1) is 12.7 Å². The number of carbonyl (C=O) groups is 1. The fraction of sp³-hybridized carbons (Fsp3) is 0.231. The van der Waals surface area contributed by atoms with Crippen molar-refractivity contribution in [2.75, 3.05) is 0 Å². The Kier molecular flexibility index (Phi) is 3.64. The summed E-state index contributed by atoms with van der Waals surface area (Å²) in [5, 5.41) is 2.70. The summed E-state index contributed by atoms with van der Waals surface area (Å²) in [5.74, 6) is -0.333. The van der Waals surface area contributed by atoms with Crippen molar-refractivity contribution in [3.05, 3.63) is 51.7 Å². The van der Waals surface area contributed by atoms with Gasteiger partial charge in [-0.2, -0.15) is 0 Å². The van der Waals surface area contributed by atoms with Crippen LogP contribution in [0.3, 0.4) is 0 Å². The standard InChI is InChI=1S/C13H12FNOS/c1-9-8-17-13(15-9)7-11(16)6-10-4-2-3-5-12(10)14/h2-5,8H,6-7H2,1H3. The zero-order chi connectivity index (χ0) is 12.3. The van der Waals surface area contributed by atoms with Gasteiger partial charge in [0, 0.05) is 17.5 Å². The number of hydrogen-bond donors (Lipinski definition) is 0. The highest BCUT2D eigenvalue weighted by Gasteiger charge is 2.10. The second kappa shape index (κ2) is 5.19. The van der Waals surface area contributed by atoms with Crippen LogP contribution in [-0.2, 0) is 17.6 Å². The number of ketones is 1. The Morgan fingerprint density at radius 1 is 1.35 bits per heavy atom. The van der Waals surface area contributed by atoms with Crippen molar-refractivity contribution < 1.29 is 9.18 Å². The van der Waals surface area contributed by atoms with Gasteiger partial charge in [-0.3, -0.25) is 4.79 Å². The normalized spacial score (nSPS) is 10.5. The van der Waals surface area contributed by atoms with Crippen LogP contribution in [0.25, 0.3) is 0 Å². The van der Waals surface area contributed by atoms with Crippen molar-refractivity contribution >= 4 is 17.1 Å². The summed E-state index contributed by atoms with van der Waals surface area (Å²) in [6, 6.07) is 6.36. The molecule has 0 fully saturated rings. The molecule has 2 rings (SSSR count). The number of Topliss-reactive ketones (excluding diaryl/α,β-unsaturated/α-hetero) is 1. The van der Waals surface area contributed by atoms with E-state index in [-0.39, 0.29) is 24.4 Å². The highest BCUT2D eigenvalue weighted by Crippen LogP contribution is 2.12. The Labute approximate surface area is 103 Å². The minimum absolute atomic E-state index is 0.00977. The Morgan fingerprint density at radius 2 is 2.12 bits per heavy atom. The zero-order valence-corrected chi connectivity index (χ0v) is 10.3. The van der Waals surface area contributed by atoms with Gasteiger partial charge in [-0.25, -0.2) is 9.37 Å². The molecule has 0 amide bonds. The summed E-state index contributed by atoms with van der Waals surface area (Å²) < 4.78 is 13.3. The molecule has 0 radical (unpaired) electrons. The first-order valence-corrected chi connectivity index (χ1v) is 6.19. The molecule has 17 heavy (non-hydrogen) atoms. The van der Waals surface area contributed by atoms with Gasteiger partial charge in [-0.05, 0) is 18.6 Å². The molecule has 2 nitrogen and oxygen atoms in total. The molecule has 0 saturated carbocycles. The highest BCUT2D eigenvalue weighted by atomic mass is 32.1. The minimum atomic E-state index is -0.323. The molecular weight excluding hydrogens is 237 g/mol. The number of halogens is 1.